The zero-order chi connectivity index (χ0) is 20.5. The summed E-state index contributed by atoms with van der Waals surface area (Å²) in [7, 11) is 0. The minimum atomic E-state index is -0.388. The third-order valence-electron chi connectivity index (χ3n) is 5.54. The second-order valence-electron chi connectivity index (χ2n) is 7.57. The molecule has 4 nitrogen and oxygen atoms in total. The van der Waals surface area contributed by atoms with E-state index in [0.29, 0.717) is 11.4 Å². The lowest BCUT2D eigenvalue weighted by molar-refractivity contribution is 0.300. The molecular weight excluding hydrogens is 399 g/mol. The maximum Gasteiger partial charge on any atom is 0.258 e. The SMILES string of the molecule is O=c1cc(OCc2ccc(F)cn2)ccn1-c1ccc2c3c(sc2c1)CCCCC3. The van der Waals surface area contributed by atoms with E-state index >= 15 is 0 Å². The van der Waals surface area contributed by atoms with Crippen molar-refractivity contribution in [2.24, 2.45) is 0 Å². The molecule has 0 amide bonds. The van der Waals surface area contributed by atoms with Gasteiger partial charge in [-0.3, -0.25) is 14.3 Å². The number of thiophene rings is 1. The van der Waals surface area contributed by atoms with Crippen LogP contribution in [-0.2, 0) is 19.4 Å². The summed E-state index contributed by atoms with van der Waals surface area (Å²) in [5.74, 6) is 0.0757. The van der Waals surface area contributed by atoms with Crippen LogP contribution < -0.4 is 10.3 Å². The van der Waals surface area contributed by atoms with Crippen LogP contribution in [0.1, 0.15) is 35.4 Å². The van der Waals surface area contributed by atoms with E-state index < -0.39 is 0 Å². The topological polar surface area (TPSA) is 44.1 Å². The first-order chi connectivity index (χ1) is 14.7. The largest absolute Gasteiger partial charge is 0.487 e. The fourth-order valence-electron chi connectivity index (χ4n) is 3.99. The fraction of sp³-hybridized carbons (Fsp3) is 0.250. The Morgan fingerprint density at radius 2 is 1.97 bits per heavy atom. The minimum absolute atomic E-state index is 0.156. The highest BCUT2D eigenvalue weighted by atomic mass is 32.1. The molecule has 0 aliphatic heterocycles. The molecule has 1 aliphatic rings. The fourth-order valence-corrected chi connectivity index (χ4v) is 5.32. The smallest absolute Gasteiger partial charge is 0.258 e. The summed E-state index contributed by atoms with van der Waals surface area (Å²) in [6.45, 7) is 0.177. The molecule has 0 radical (unpaired) electrons. The van der Waals surface area contributed by atoms with E-state index in [9.17, 15) is 9.18 Å². The maximum atomic E-state index is 12.9. The molecule has 1 aliphatic carbocycles. The van der Waals surface area contributed by atoms with Gasteiger partial charge in [-0.1, -0.05) is 12.5 Å². The molecule has 0 bridgehead atoms. The Labute approximate surface area is 177 Å². The van der Waals surface area contributed by atoms with Crippen LogP contribution in [0.25, 0.3) is 15.8 Å². The van der Waals surface area contributed by atoms with E-state index in [1.165, 1.54) is 58.3 Å². The lowest BCUT2D eigenvalue weighted by Crippen LogP contribution is -2.16. The van der Waals surface area contributed by atoms with Gasteiger partial charge in [-0.15, -0.1) is 11.3 Å². The van der Waals surface area contributed by atoms with Crippen LogP contribution in [0.2, 0.25) is 0 Å². The second-order valence-corrected chi connectivity index (χ2v) is 8.71. The standard InChI is InChI=1S/C24H21FN2O2S/c25-16-6-7-17(26-14-16)15-29-19-10-11-27(24(28)13-19)18-8-9-21-20-4-2-1-3-5-22(20)30-23(21)12-18/h6-14H,1-5,15H2. The van der Waals surface area contributed by atoms with Gasteiger partial charge in [0.1, 0.15) is 18.2 Å². The van der Waals surface area contributed by atoms with E-state index in [0.717, 1.165) is 18.3 Å². The molecule has 4 aromatic rings. The van der Waals surface area contributed by atoms with Gasteiger partial charge < -0.3 is 4.74 Å². The van der Waals surface area contributed by atoms with E-state index in [1.54, 1.807) is 22.9 Å². The van der Waals surface area contributed by atoms with Crippen molar-refractivity contribution >= 4 is 21.4 Å². The molecule has 0 saturated heterocycles. The number of rotatable bonds is 4. The summed E-state index contributed by atoms with van der Waals surface area (Å²) < 4.78 is 21.5. The van der Waals surface area contributed by atoms with Gasteiger partial charge in [0.2, 0.25) is 0 Å². The van der Waals surface area contributed by atoms with Crippen LogP contribution >= 0.6 is 11.3 Å². The lowest BCUT2D eigenvalue weighted by Gasteiger charge is -2.09. The number of aromatic nitrogens is 2. The van der Waals surface area contributed by atoms with Gasteiger partial charge in [-0.2, -0.15) is 0 Å². The Bertz CT molecular complexity index is 1260. The average Bonchev–Trinajstić information content (AvgIpc) is 2.93. The Morgan fingerprint density at radius 1 is 1.07 bits per heavy atom. The van der Waals surface area contributed by atoms with E-state index in [4.69, 9.17) is 4.74 Å². The third-order valence-corrected chi connectivity index (χ3v) is 6.79. The van der Waals surface area contributed by atoms with E-state index in [2.05, 4.69) is 17.1 Å². The predicted octanol–water partition coefficient (Wildman–Crippen LogP) is 5.43. The molecule has 1 aromatic carbocycles. The summed E-state index contributed by atoms with van der Waals surface area (Å²) in [6.07, 6.45) is 9.03. The summed E-state index contributed by atoms with van der Waals surface area (Å²) in [5.41, 5.74) is 2.81. The van der Waals surface area contributed by atoms with E-state index in [-0.39, 0.29) is 18.0 Å². The van der Waals surface area contributed by atoms with Gasteiger partial charge in [0, 0.05) is 21.8 Å². The Hall–Kier alpha value is -2.99. The number of ether oxygens (including phenoxy) is 1. The van der Waals surface area contributed by atoms with Crippen LogP contribution in [0, 0.1) is 5.82 Å². The number of hydrogen-bond donors (Lipinski definition) is 0. The molecule has 3 heterocycles. The summed E-state index contributed by atoms with van der Waals surface area (Å²) in [6, 6.07) is 12.4. The number of pyridine rings is 2. The highest BCUT2D eigenvalue weighted by molar-refractivity contribution is 7.19. The number of nitrogens with zero attached hydrogens (tertiary/aromatic N) is 2. The summed E-state index contributed by atoms with van der Waals surface area (Å²) in [5, 5.41) is 1.33. The zero-order valence-electron chi connectivity index (χ0n) is 16.4. The first-order valence-corrected chi connectivity index (χ1v) is 11.0. The van der Waals surface area contributed by atoms with Crippen molar-refractivity contribution in [3.05, 3.63) is 87.2 Å². The molecular formula is C24H21FN2O2S. The van der Waals surface area contributed by atoms with Gasteiger partial charge in [-0.25, -0.2) is 4.39 Å². The Morgan fingerprint density at radius 3 is 2.80 bits per heavy atom. The van der Waals surface area contributed by atoms with Gasteiger partial charge >= 0.3 is 0 Å². The highest BCUT2D eigenvalue weighted by Gasteiger charge is 2.15. The van der Waals surface area contributed by atoms with Crippen LogP contribution in [0.3, 0.4) is 0 Å². The van der Waals surface area contributed by atoms with Crippen molar-refractivity contribution in [3.8, 4) is 11.4 Å². The lowest BCUT2D eigenvalue weighted by atomic mass is 10.1. The van der Waals surface area contributed by atoms with Crippen LogP contribution in [0.5, 0.6) is 5.75 Å². The first-order valence-electron chi connectivity index (χ1n) is 10.2. The number of aryl methyl sites for hydroxylation is 2. The first kappa shape index (κ1) is 19.0. The Kier molecular flexibility index (Phi) is 5.09. The minimum Gasteiger partial charge on any atom is -0.487 e. The molecule has 0 atom stereocenters. The summed E-state index contributed by atoms with van der Waals surface area (Å²) in [4.78, 5) is 18.2. The molecule has 30 heavy (non-hydrogen) atoms. The molecule has 5 rings (SSSR count). The van der Waals surface area contributed by atoms with Crippen molar-refractivity contribution < 1.29 is 9.13 Å². The number of halogens is 1. The molecule has 3 aromatic heterocycles. The quantitative estimate of drug-likeness (QED) is 0.413. The van der Waals surface area contributed by atoms with Crippen LogP contribution in [-0.4, -0.2) is 9.55 Å². The van der Waals surface area contributed by atoms with Crippen LogP contribution in [0.4, 0.5) is 4.39 Å². The molecule has 0 N–H and O–H groups in total. The number of hydrogen-bond acceptors (Lipinski definition) is 4. The van der Waals surface area contributed by atoms with Crippen molar-refractivity contribution in [3.63, 3.8) is 0 Å². The zero-order valence-corrected chi connectivity index (χ0v) is 17.3. The molecule has 0 unspecified atom stereocenters. The van der Waals surface area contributed by atoms with Gasteiger partial charge in [0.05, 0.1) is 17.6 Å². The average molecular weight is 421 g/mol. The van der Waals surface area contributed by atoms with E-state index in [1.807, 2.05) is 17.4 Å². The molecule has 0 fully saturated rings. The summed E-state index contributed by atoms with van der Waals surface area (Å²) >= 11 is 1.86. The van der Waals surface area contributed by atoms with Gasteiger partial charge in [0.15, 0.2) is 0 Å². The van der Waals surface area contributed by atoms with Crippen molar-refractivity contribution in [2.45, 2.75) is 38.7 Å². The Balaban J connectivity index is 1.39. The molecule has 0 saturated carbocycles. The maximum absolute atomic E-state index is 12.9. The highest BCUT2D eigenvalue weighted by Crippen LogP contribution is 2.36. The predicted molar refractivity (Wildman–Crippen MR) is 117 cm³/mol. The number of benzene rings is 1. The van der Waals surface area contributed by atoms with Gasteiger partial charge in [-0.05, 0) is 67.0 Å². The monoisotopic (exact) mass is 420 g/mol. The van der Waals surface area contributed by atoms with Crippen LogP contribution in [0.15, 0.2) is 59.7 Å². The molecule has 0 spiro atoms. The third kappa shape index (κ3) is 3.75. The van der Waals surface area contributed by atoms with Crippen molar-refractivity contribution in [2.75, 3.05) is 0 Å². The van der Waals surface area contributed by atoms with Gasteiger partial charge in [0.25, 0.3) is 5.56 Å². The second kappa shape index (κ2) is 8.03. The van der Waals surface area contributed by atoms with Crippen molar-refractivity contribution in [1.82, 2.24) is 9.55 Å². The van der Waals surface area contributed by atoms with Crippen molar-refractivity contribution in [1.29, 1.82) is 0 Å². The number of fused-ring (bicyclic) bond motifs is 3. The molecule has 152 valence electrons. The molecule has 6 heteroatoms. The normalized spacial score (nSPS) is 13.8.